The number of hydrogen-bond donors (Lipinski definition) is 1. The Bertz CT molecular complexity index is 514. The fourth-order valence-electron chi connectivity index (χ4n) is 2.15. The SMILES string of the molecule is CC(C)NCCCN1C(=O)C(=O)c2c(Br)cccc21. The summed E-state index contributed by atoms with van der Waals surface area (Å²) >= 11 is 3.33. The molecule has 1 heterocycles. The minimum absolute atomic E-state index is 0.417. The summed E-state index contributed by atoms with van der Waals surface area (Å²) in [4.78, 5) is 25.5. The maximum absolute atomic E-state index is 12.0. The predicted octanol–water partition coefficient (Wildman–Crippen LogP) is 2.37. The first kappa shape index (κ1) is 14.2. The van der Waals surface area contributed by atoms with E-state index in [1.165, 1.54) is 0 Å². The Kier molecular flexibility index (Phi) is 4.37. The lowest BCUT2D eigenvalue weighted by atomic mass is 10.1. The molecule has 19 heavy (non-hydrogen) atoms. The summed E-state index contributed by atoms with van der Waals surface area (Å²) in [6.45, 7) is 5.56. The highest BCUT2D eigenvalue weighted by Gasteiger charge is 2.36. The standard InChI is InChI=1S/C14H17BrN2O2/c1-9(2)16-7-4-8-17-11-6-3-5-10(15)12(11)13(18)14(17)19/h3,5-6,9,16H,4,7-8H2,1-2H3. The van der Waals surface area contributed by atoms with E-state index in [0.29, 0.717) is 28.3 Å². The van der Waals surface area contributed by atoms with E-state index < -0.39 is 11.7 Å². The number of fused-ring (bicyclic) bond motifs is 1. The molecule has 0 atom stereocenters. The Balaban J connectivity index is 2.09. The van der Waals surface area contributed by atoms with Gasteiger partial charge in [0, 0.05) is 17.1 Å². The maximum Gasteiger partial charge on any atom is 0.299 e. The summed E-state index contributed by atoms with van der Waals surface area (Å²) in [5.41, 5.74) is 1.21. The number of rotatable bonds is 5. The van der Waals surface area contributed by atoms with Gasteiger partial charge in [-0.05, 0) is 41.0 Å². The van der Waals surface area contributed by atoms with Gasteiger partial charge in [0.15, 0.2) is 0 Å². The fraction of sp³-hybridized carbons (Fsp3) is 0.429. The monoisotopic (exact) mass is 324 g/mol. The van der Waals surface area contributed by atoms with E-state index in [1.54, 1.807) is 11.0 Å². The van der Waals surface area contributed by atoms with E-state index in [2.05, 4.69) is 35.1 Å². The highest BCUT2D eigenvalue weighted by molar-refractivity contribution is 9.10. The molecule has 0 aliphatic carbocycles. The molecule has 0 spiro atoms. The third kappa shape index (κ3) is 2.87. The van der Waals surface area contributed by atoms with Gasteiger partial charge < -0.3 is 10.2 Å². The number of Topliss-reactive ketones (excluding diaryl/α,β-unsaturated/α-hetero) is 1. The van der Waals surface area contributed by atoms with Crippen molar-refractivity contribution < 1.29 is 9.59 Å². The quantitative estimate of drug-likeness (QED) is 0.668. The van der Waals surface area contributed by atoms with Gasteiger partial charge in [-0.2, -0.15) is 0 Å². The lowest BCUT2D eigenvalue weighted by molar-refractivity contribution is -0.114. The normalized spacial score (nSPS) is 14.4. The van der Waals surface area contributed by atoms with Crippen LogP contribution in [0.15, 0.2) is 22.7 Å². The zero-order chi connectivity index (χ0) is 14.0. The number of hydrogen-bond acceptors (Lipinski definition) is 3. The molecule has 0 bridgehead atoms. The predicted molar refractivity (Wildman–Crippen MR) is 78.6 cm³/mol. The number of halogens is 1. The van der Waals surface area contributed by atoms with Crippen LogP contribution in [-0.4, -0.2) is 30.8 Å². The summed E-state index contributed by atoms with van der Waals surface area (Å²) < 4.78 is 0.686. The second kappa shape index (κ2) is 5.84. The fourth-order valence-corrected chi connectivity index (χ4v) is 2.69. The van der Waals surface area contributed by atoms with Gasteiger partial charge in [0.25, 0.3) is 11.7 Å². The van der Waals surface area contributed by atoms with Crippen LogP contribution >= 0.6 is 15.9 Å². The number of amides is 1. The summed E-state index contributed by atoms with van der Waals surface area (Å²) in [7, 11) is 0. The molecular weight excluding hydrogens is 308 g/mol. The summed E-state index contributed by atoms with van der Waals surface area (Å²) in [6.07, 6.45) is 0.823. The molecule has 1 N–H and O–H groups in total. The van der Waals surface area contributed by atoms with Gasteiger partial charge in [0.1, 0.15) is 0 Å². The lowest BCUT2D eigenvalue weighted by Gasteiger charge is -2.17. The molecule has 5 heteroatoms. The van der Waals surface area contributed by atoms with Crippen LogP contribution in [0.5, 0.6) is 0 Å². The van der Waals surface area contributed by atoms with E-state index in [-0.39, 0.29) is 0 Å². The molecule has 1 aliphatic rings. The van der Waals surface area contributed by atoms with Crippen molar-refractivity contribution in [1.29, 1.82) is 0 Å². The Hall–Kier alpha value is -1.20. The van der Waals surface area contributed by atoms with Gasteiger partial charge in [-0.15, -0.1) is 0 Å². The molecule has 0 radical (unpaired) electrons. The molecule has 4 nitrogen and oxygen atoms in total. The average Bonchev–Trinajstić information content (AvgIpc) is 2.60. The number of carbonyl (C=O) groups is 2. The van der Waals surface area contributed by atoms with Crippen LogP contribution in [0.1, 0.15) is 30.6 Å². The average molecular weight is 325 g/mol. The van der Waals surface area contributed by atoms with Gasteiger partial charge in [-0.25, -0.2) is 0 Å². The van der Waals surface area contributed by atoms with Crippen molar-refractivity contribution in [2.45, 2.75) is 26.3 Å². The molecule has 0 aromatic heterocycles. The van der Waals surface area contributed by atoms with E-state index in [0.717, 1.165) is 13.0 Å². The van der Waals surface area contributed by atoms with E-state index in [1.807, 2.05) is 12.1 Å². The molecule has 0 fully saturated rings. The first-order chi connectivity index (χ1) is 9.02. The van der Waals surface area contributed by atoms with Crippen molar-refractivity contribution in [2.75, 3.05) is 18.0 Å². The summed E-state index contributed by atoms with van der Waals surface area (Å²) in [5.74, 6) is -0.842. The number of nitrogens with one attached hydrogen (secondary N) is 1. The molecule has 0 saturated heterocycles. The van der Waals surface area contributed by atoms with Crippen molar-refractivity contribution in [3.8, 4) is 0 Å². The smallest absolute Gasteiger partial charge is 0.299 e. The molecule has 1 aromatic rings. The van der Waals surface area contributed by atoms with Crippen LogP contribution in [0.25, 0.3) is 0 Å². The van der Waals surface area contributed by atoms with E-state index in [9.17, 15) is 9.59 Å². The topological polar surface area (TPSA) is 49.4 Å². The molecule has 0 saturated carbocycles. The van der Waals surface area contributed by atoms with Gasteiger partial charge >= 0.3 is 0 Å². The van der Waals surface area contributed by atoms with Crippen LogP contribution < -0.4 is 10.2 Å². The zero-order valence-corrected chi connectivity index (χ0v) is 12.7. The first-order valence-electron chi connectivity index (χ1n) is 6.40. The number of benzene rings is 1. The minimum atomic E-state index is -0.425. The highest BCUT2D eigenvalue weighted by atomic mass is 79.9. The van der Waals surface area contributed by atoms with Gasteiger partial charge in [0.2, 0.25) is 0 Å². The van der Waals surface area contributed by atoms with Crippen LogP contribution in [0.2, 0.25) is 0 Å². The van der Waals surface area contributed by atoms with Crippen molar-refractivity contribution in [2.24, 2.45) is 0 Å². The molecule has 1 aromatic carbocycles. The number of nitrogens with zero attached hydrogens (tertiary/aromatic N) is 1. The second-order valence-corrected chi connectivity index (χ2v) is 5.74. The lowest BCUT2D eigenvalue weighted by Crippen LogP contribution is -2.33. The highest BCUT2D eigenvalue weighted by Crippen LogP contribution is 2.34. The number of anilines is 1. The van der Waals surface area contributed by atoms with E-state index in [4.69, 9.17) is 0 Å². The molecule has 102 valence electrons. The van der Waals surface area contributed by atoms with Crippen LogP contribution in [-0.2, 0) is 4.79 Å². The molecule has 0 unspecified atom stereocenters. The third-order valence-electron chi connectivity index (χ3n) is 3.06. The number of carbonyl (C=O) groups excluding carboxylic acids is 2. The summed E-state index contributed by atoms with van der Waals surface area (Å²) in [6, 6.07) is 5.87. The van der Waals surface area contributed by atoms with Crippen LogP contribution in [0, 0.1) is 0 Å². The van der Waals surface area contributed by atoms with E-state index >= 15 is 0 Å². The molecule has 1 aliphatic heterocycles. The Morgan fingerprint density at radius 1 is 1.32 bits per heavy atom. The maximum atomic E-state index is 12.0. The summed E-state index contributed by atoms with van der Waals surface area (Å²) in [5, 5.41) is 3.30. The van der Waals surface area contributed by atoms with Gasteiger partial charge in [0.05, 0.1) is 11.3 Å². The molecular formula is C14H17BrN2O2. The molecule has 1 amide bonds. The first-order valence-corrected chi connectivity index (χ1v) is 7.19. The third-order valence-corrected chi connectivity index (χ3v) is 3.72. The van der Waals surface area contributed by atoms with Crippen molar-refractivity contribution >= 4 is 33.3 Å². The van der Waals surface area contributed by atoms with Crippen LogP contribution in [0.4, 0.5) is 5.69 Å². The number of ketones is 1. The Labute approximate surface area is 121 Å². The Morgan fingerprint density at radius 3 is 2.74 bits per heavy atom. The van der Waals surface area contributed by atoms with Gasteiger partial charge in [-0.3, -0.25) is 9.59 Å². The second-order valence-electron chi connectivity index (χ2n) is 4.88. The minimum Gasteiger partial charge on any atom is -0.314 e. The van der Waals surface area contributed by atoms with Crippen molar-refractivity contribution in [3.63, 3.8) is 0 Å². The molecule has 2 rings (SSSR count). The zero-order valence-electron chi connectivity index (χ0n) is 11.1. The largest absolute Gasteiger partial charge is 0.314 e. The Morgan fingerprint density at radius 2 is 2.05 bits per heavy atom. The van der Waals surface area contributed by atoms with Crippen LogP contribution in [0.3, 0.4) is 0 Å². The van der Waals surface area contributed by atoms with Gasteiger partial charge in [-0.1, -0.05) is 19.9 Å². The van der Waals surface area contributed by atoms with Crippen molar-refractivity contribution in [3.05, 3.63) is 28.2 Å². The van der Waals surface area contributed by atoms with Crippen molar-refractivity contribution in [1.82, 2.24) is 5.32 Å².